The van der Waals surface area contributed by atoms with E-state index in [0.717, 1.165) is 36.1 Å². The van der Waals surface area contributed by atoms with Gasteiger partial charge in [0.05, 0.1) is 17.8 Å². The lowest BCUT2D eigenvalue weighted by atomic mass is 10.0. The second-order valence-corrected chi connectivity index (χ2v) is 5.63. The van der Waals surface area contributed by atoms with Crippen molar-refractivity contribution in [1.82, 2.24) is 9.78 Å². The van der Waals surface area contributed by atoms with Crippen LogP contribution in [-0.2, 0) is 19.9 Å². The van der Waals surface area contributed by atoms with Crippen LogP contribution in [0.25, 0.3) is 0 Å². The van der Waals surface area contributed by atoms with Crippen LogP contribution in [0.4, 0.5) is 0 Å². The van der Waals surface area contributed by atoms with E-state index in [0.29, 0.717) is 11.6 Å². The van der Waals surface area contributed by atoms with Gasteiger partial charge in [0.25, 0.3) is 0 Å². The summed E-state index contributed by atoms with van der Waals surface area (Å²) in [5, 5.41) is 4.79. The van der Waals surface area contributed by atoms with Crippen LogP contribution >= 0.6 is 11.6 Å². The molecule has 4 nitrogen and oxygen atoms in total. The van der Waals surface area contributed by atoms with E-state index >= 15 is 0 Å². The fourth-order valence-electron chi connectivity index (χ4n) is 2.17. The van der Waals surface area contributed by atoms with Gasteiger partial charge in [-0.05, 0) is 30.0 Å². The zero-order chi connectivity index (χ0) is 15.2. The standard InChI is InChI=1S/C16H22ClN3O/c1-3-14(18)9-13-5-4-6-15(17)16(13)21-8-7-12-10-19-20(2)11-12/h4-6,10-11,14H,3,7-9,18H2,1-2H3. The number of aryl methyl sites for hydroxylation is 1. The molecule has 21 heavy (non-hydrogen) atoms. The Labute approximate surface area is 130 Å². The van der Waals surface area contributed by atoms with Crippen molar-refractivity contribution in [2.24, 2.45) is 12.8 Å². The molecule has 0 aliphatic heterocycles. The minimum absolute atomic E-state index is 0.129. The molecular weight excluding hydrogens is 286 g/mol. The molecule has 0 spiro atoms. The molecule has 1 heterocycles. The molecule has 5 heteroatoms. The lowest BCUT2D eigenvalue weighted by Gasteiger charge is -2.15. The number of benzene rings is 1. The summed E-state index contributed by atoms with van der Waals surface area (Å²) in [5.41, 5.74) is 8.26. The van der Waals surface area contributed by atoms with Crippen molar-refractivity contribution >= 4 is 11.6 Å². The summed E-state index contributed by atoms with van der Waals surface area (Å²) in [5.74, 6) is 0.756. The summed E-state index contributed by atoms with van der Waals surface area (Å²) < 4.78 is 7.69. The fraction of sp³-hybridized carbons (Fsp3) is 0.438. The van der Waals surface area contributed by atoms with Crippen molar-refractivity contribution in [3.63, 3.8) is 0 Å². The quantitative estimate of drug-likeness (QED) is 0.855. The molecule has 1 unspecified atom stereocenters. The summed E-state index contributed by atoms with van der Waals surface area (Å²) in [7, 11) is 1.91. The number of nitrogens with two attached hydrogens (primary N) is 1. The van der Waals surface area contributed by atoms with E-state index in [4.69, 9.17) is 22.1 Å². The number of aromatic nitrogens is 2. The van der Waals surface area contributed by atoms with Crippen molar-refractivity contribution in [1.29, 1.82) is 0 Å². The number of hydrogen-bond donors (Lipinski definition) is 1. The number of hydrogen-bond acceptors (Lipinski definition) is 3. The summed E-state index contributed by atoms with van der Waals surface area (Å²) >= 11 is 6.26. The summed E-state index contributed by atoms with van der Waals surface area (Å²) in [4.78, 5) is 0. The predicted octanol–water partition coefficient (Wildman–Crippen LogP) is 2.97. The van der Waals surface area contributed by atoms with Crippen LogP contribution in [0.3, 0.4) is 0 Å². The SMILES string of the molecule is CCC(N)Cc1cccc(Cl)c1OCCc1cnn(C)c1. The Morgan fingerprint density at radius 3 is 2.90 bits per heavy atom. The summed E-state index contributed by atoms with van der Waals surface area (Å²) in [6, 6.07) is 5.95. The first-order valence-electron chi connectivity index (χ1n) is 7.23. The Morgan fingerprint density at radius 2 is 2.24 bits per heavy atom. The highest BCUT2D eigenvalue weighted by Crippen LogP contribution is 2.29. The molecule has 1 aromatic carbocycles. The van der Waals surface area contributed by atoms with E-state index in [1.807, 2.05) is 37.6 Å². The van der Waals surface area contributed by atoms with Crippen LogP contribution in [-0.4, -0.2) is 22.4 Å². The maximum absolute atomic E-state index is 6.26. The Morgan fingerprint density at radius 1 is 1.43 bits per heavy atom. The second kappa shape index (κ2) is 7.48. The molecule has 0 amide bonds. The number of ether oxygens (including phenoxy) is 1. The Bertz CT molecular complexity index is 583. The van der Waals surface area contributed by atoms with Gasteiger partial charge in [-0.3, -0.25) is 4.68 Å². The van der Waals surface area contributed by atoms with Crippen molar-refractivity contribution in [2.75, 3.05) is 6.61 Å². The monoisotopic (exact) mass is 307 g/mol. The maximum atomic E-state index is 6.26. The van der Waals surface area contributed by atoms with Gasteiger partial charge in [-0.25, -0.2) is 0 Å². The van der Waals surface area contributed by atoms with Crippen LogP contribution in [0.2, 0.25) is 5.02 Å². The van der Waals surface area contributed by atoms with Gasteiger partial charge in [0.15, 0.2) is 0 Å². The molecule has 0 bridgehead atoms. The van der Waals surface area contributed by atoms with Crippen LogP contribution in [0.1, 0.15) is 24.5 Å². The molecule has 0 radical (unpaired) electrons. The Kier molecular flexibility index (Phi) is 5.65. The zero-order valence-electron chi connectivity index (χ0n) is 12.6. The van der Waals surface area contributed by atoms with Gasteiger partial charge in [0.1, 0.15) is 5.75 Å². The summed E-state index contributed by atoms with van der Waals surface area (Å²) in [6.07, 6.45) is 6.35. The Hall–Kier alpha value is -1.52. The van der Waals surface area contributed by atoms with Gasteiger partial charge < -0.3 is 10.5 Å². The predicted molar refractivity (Wildman–Crippen MR) is 85.8 cm³/mol. The Balaban J connectivity index is 2.01. The molecule has 0 aliphatic rings. The topological polar surface area (TPSA) is 53.1 Å². The number of rotatable bonds is 7. The third-order valence-electron chi connectivity index (χ3n) is 3.45. The molecule has 1 aromatic heterocycles. The van der Waals surface area contributed by atoms with Gasteiger partial charge in [0, 0.05) is 25.7 Å². The van der Waals surface area contributed by atoms with E-state index in [1.165, 1.54) is 0 Å². The van der Waals surface area contributed by atoms with Crippen molar-refractivity contribution < 1.29 is 4.74 Å². The lowest BCUT2D eigenvalue weighted by Crippen LogP contribution is -2.21. The molecule has 2 aromatic rings. The van der Waals surface area contributed by atoms with Gasteiger partial charge >= 0.3 is 0 Å². The molecular formula is C16H22ClN3O. The normalized spacial score (nSPS) is 12.4. The van der Waals surface area contributed by atoms with Crippen LogP contribution in [0.5, 0.6) is 5.75 Å². The van der Waals surface area contributed by atoms with E-state index in [9.17, 15) is 0 Å². The maximum Gasteiger partial charge on any atom is 0.141 e. The third kappa shape index (κ3) is 4.48. The van der Waals surface area contributed by atoms with Crippen molar-refractivity contribution in [3.8, 4) is 5.75 Å². The highest BCUT2D eigenvalue weighted by molar-refractivity contribution is 6.32. The molecule has 0 saturated carbocycles. The molecule has 1 atom stereocenters. The highest BCUT2D eigenvalue weighted by Gasteiger charge is 2.11. The largest absolute Gasteiger partial charge is 0.491 e. The van der Waals surface area contributed by atoms with Crippen LogP contribution in [0, 0.1) is 0 Å². The second-order valence-electron chi connectivity index (χ2n) is 5.22. The first-order chi connectivity index (χ1) is 10.1. The van der Waals surface area contributed by atoms with Gasteiger partial charge in [-0.2, -0.15) is 5.10 Å². The van der Waals surface area contributed by atoms with Gasteiger partial charge in [-0.1, -0.05) is 30.7 Å². The average molecular weight is 308 g/mol. The van der Waals surface area contributed by atoms with E-state index in [2.05, 4.69) is 12.0 Å². The van der Waals surface area contributed by atoms with Crippen molar-refractivity contribution in [3.05, 3.63) is 46.7 Å². The highest BCUT2D eigenvalue weighted by atomic mass is 35.5. The minimum atomic E-state index is 0.129. The molecule has 0 saturated heterocycles. The molecule has 114 valence electrons. The fourth-order valence-corrected chi connectivity index (χ4v) is 2.42. The molecule has 0 aliphatic carbocycles. The van der Waals surface area contributed by atoms with Crippen molar-refractivity contribution in [2.45, 2.75) is 32.2 Å². The number of para-hydroxylation sites is 1. The van der Waals surface area contributed by atoms with E-state index < -0.39 is 0 Å². The number of nitrogens with zero attached hydrogens (tertiary/aromatic N) is 2. The molecule has 0 fully saturated rings. The molecule has 2 rings (SSSR count). The van der Waals surface area contributed by atoms with Gasteiger partial charge in [-0.15, -0.1) is 0 Å². The molecule has 2 N–H and O–H groups in total. The van der Waals surface area contributed by atoms with Crippen LogP contribution in [0.15, 0.2) is 30.6 Å². The smallest absolute Gasteiger partial charge is 0.141 e. The van der Waals surface area contributed by atoms with E-state index in [-0.39, 0.29) is 6.04 Å². The summed E-state index contributed by atoms with van der Waals surface area (Å²) in [6.45, 7) is 2.65. The van der Waals surface area contributed by atoms with Gasteiger partial charge in [0.2, 0.25) is 0 Å². The lowest BCUT2D eigenvalue weighted by molar-refractivity contribution is 0.318. The van der Waals surface area contributed by atoms with Crippen LogP contribution < -0.4 is 10.5 Å². The minimum Gasteiger partial charge on any atom is -0.491 e. The average Bonchev–Trinajstić information content (AvgIpc) is 2.87. The van der Waals surface area contributed by atoms with E-state index in [1.54, 1.807) is 4.68 Å². The zero-order valence-corrected chi connectivity index (χ0v) is 13.3. The first kappa shape index (κ1) is 15.9. The number of halogens is 1. The third-order valence-corrected chi connectivity index (χ3v) is 3.75. The first-order valence-corrected chi connectivity index (χ1v) is 7.61.